The van der Waals surface area contributed by atoms with Gasteiger partial charge in [-0.1, -0.05) is 91.9 Å². The third-order valence-electron chi connectivity index (χ3n) is 6.73. The summed E-state index contributed by atoms with van der Waals surface area (Å²) in [7, 11) is 0. The van der Waals surface area contributed by atoms with Crippen molar-refractivity contribution >= 4 is 11.9 Å². The minimum atomic E-state index is -0.0610. The monoisotopic (exact) mass is 452 g/mol. The minimum absolute atomic E-state index is 0.0315. The molecule has 1 saturated carbocycles. The predicted molar refractivity (Wildman–Crippen MR) is 132 cm³/mol. The molecule has 4 heteroatoms. The number of carbonyl (C=O) groups excluding carboxylic acids is 2. The number of hydrogen-bond acceptors (Lipinski definition) is 4. The topological polar surface area (TPSA) is 52.6 Å². The van der Waals surface area contributed by atoms with E-state index >= 15 is 0 Å². The fourth-order valence-corrected chi connectivity index (χ4v) is 4.52. The van der Waals surface area contributed by atoms with Crippen LogP contribution in [-0.2, 0) is 19.1 Å². The molecule has 0 aliphatic heterocycles. The van der Waals surface area contributed by atoms with Crippen LogP contribution >= 0.6 is 0 Å². The van der Waals surface area contributed by atoms with Crippen molar-refractivity contribution in [1.29, 1.82) is 0 Å². The summed E-state index contributed by atoms with van der Waals surface area (Å²) in [6, 6.07) is 0. The van der Waals surface area contributed by atoms with Gasteiger partial charge in [-0.2, -0.15) is 0 Å². The summed E-state index contributed by atoms with van der Waals surface area (Å²) in [5, 5.41) is 0. The zero-order valence-electron chi connectivity index (χ0n) is 21.7. The molecule has 0 atom stereocenters. The molecule has 0 heterocycles. The Morgan fingerprint density at radius 2 is 0.875 bits per heavy atom. The highest BCUT2D eigenvalue weighted by atomic mass is 16.5. The Morgan fingerprint density at radius 3 is 1.22 bits per heavy atom. The summed E-state index contributed by atoms with van der Waals surface area (Å²) < 4.78 is 11.0. The number of carbonyl (C=O) groups is 2. The molecule has 1 aliphatic carbocycles. The predicted octanol–water partition coefficient (Wildman–Crippen LogP) is 7.87. The number of ether oxygens (including phenoxy) is 2. The van der Waals surface area contributed by atoms with Crippen molar-refractivity contribution in [3.8, 4) is 0 Å². The molecule has 0 saturated heterocycles. The van der Waals surface area contributed by atoms with Crippen LogP contribution in [0.4, 0.5) is 0 Å². The molecule has 4 nitrogen and oxygen atoms in total. The third-order valence-corrected chi connectivity index (χ3v) is 6.73. The van der Waals surface area contributed by atoms with E-state index < -0.39 is 0 Å². The Labute approximate surface area is 198 Å². The van der Waals surface area contributed by atoms with Crippen LogP contribution in [-0.4, -0.2) is 25.2 Å². The van der Waals surface area contributed by atoms with Crippen LogP contribution < -0.4 is 0 Å². The molecule has 0 unspecified atom stereocenters. The highest BCUT2D eigenvalue weighted by Crippen LogP contribution is 2.30. The van der Waals surface area contributed by atoms with Crippen LogP contribution in [0.2, 0.25) is 0 Å². The SMILES string of the molecule is CC(C)CCCCCCCOC(=O)C1CCC(C(=O)OCCCCCCCC(C)C)CC1. The van der Waals surface area contributed by atoms with Crippen molar-refractivity contribution < 1.29 is 19.1 Å². The van der Waals surface area contributed by atoms with Gasteiger partial charge < -0.3 is 9.47 Å². The minimum Gasteiger partial charge on any atom is -0.465 e. The summed E-state index contributed by atoms with van der Waals surface area (Å²) in [5.41, 5.74) is 0. The van der Waals surface area contributed by atoms with Gasteiger partial charge in [-0.3, -0.25) is 9.59 Å². The first-order valence-corrected chi connectivity index (χ1v) is 13.7. The van der Waals surface area contributed by atoms with E-state index in [4.69, 9.17) is 9.47 Å². The molecule has 0 radical (unpaired) electrons. The second kappa shape index (κ2) is 18.4. The van der Waals surface area contributed by atoms with E-state index in [1.54, 1.807) is 0 Å². The Balaban J connectivity index is 2.00. The summed E-state index contributed by atoms with van der Waals surface area (Å²) in [6.45, 7) is 10.2. The van der Waals surface area contributed by atoms with Gasteiger partial charge in [0.2, 0.25) is 0 Å². The van der Waals surface area contributed by atoms with Crippen LogP contribution in [0, 0.1) is 23.7 Å². The molecule has 0 spiro atoms. The van der Waals surface area contributed by atoms with E-state index in [0.29, 0.717) is 13.2 Å². The van der Waals surface area contributed by atoms with Gasteiger partial charge in [-0.15, -0.1) is 0 Å². The molecule has 0 amide bonds. The van der Waals surface area contributed by atoms with Crippen molar-refractivity contribution in [1.82, 2.24) is 0 Å². The number of hydrogen-bond donors (Lipinski definition) is 0. The molecule has 32 heavy (non-hydrogen) atoms. The van der Waals surface area contributed by atoms with Gasteiger partial charge in [0.25, 0.3) is 0 Å². The summed E-state index contributed by atoms with van der Waals surface area (Å²) in [4.78, 5) is 24.6. The lowest BCUT2D eigenvalue weighted by Gasteiger charge is -2.26. The zero-order chi connectivity index (χ0) is 23.6. The standard InChI is InChI=1S/C28H52O4/c1-23(2)15-11-7-5-9-13-21-31-27(29)25-17-19-26(20-18-25)28(30)32-22-14-10-6-8-12-16-24(3)4/h23-26H,5-22H2,1-4H3. The van der Waals surface area contributed by atoms with E-state index in [1.807, 2.05) is 0 Å². The fourth-order valence-electron chi connectivity index (χ4n) is 4.52. The Kier molecular flexibility index (Phi) is 16.6. The average molecular weight is 453 g/mol. The molecule has 0 aromatic heterocycles. The van der Waals surface area contributed by atoms with Crippen molar-refractivity contribution in [3.63, 3.8) is 0 Å². The fraction of sp³-hybridized carbons (Fsp3) is 0.929. The molecule has 1 rings (SSSR count). The molecule has 0 bridgehead atoms. The molecule has 0 aromatic rings. The second-order valence-electron chi connectivity index (χ2n) is 10.8. The summed E-state index contributed by atoms with van der Waals surface area (Å²) in [6.07, 6.45) is 17.5. The molecule has 1 aliphatic rings. The number of rotatable bonds is 18. The van der Waals surface area contributed by atoms with Gasteiger partial charge in [-0.25, -0.2) is 0 Å². The highest BCUT2D eigenvalue weighted by Gasteiger charge is 2.31. The Morgan fingerprint density at radius 1 is 0.562 bits per heavy atom. The smallest absolute Gasteiger partial charge is 0.308 e. The molecular formula is C28H52O4. The average Bonchev–Trinajstić information content (AvgIpc) is 2.76. The Hall–Kier alpha value is -1.06. The maximum atomic E-state index is 12.3. The lowest BCUT2D eigenvalue weighted by atomic mass is 9.82. The molecule has 0 N–H and O–H groups in total. The first kappa shape index (κ1) is 29.0. The van der Waals surface area contributed by atoms with Crippen molar-refractivity contribution in [2.24, 2.45) is 23.7 Å². The zero-order valence-corrected chi connectivity index (χ0v) is 21.7. The van der Waals surface area contributed by atoms with Crippen LogP contribution in [0.1, 0.15) is 130 Å². The van der Waals surface area contributed by atoms with Crippen molar-refractivity contribution in [2.45, 2.75) is 130 Å². The van der Waals surface area contributed by atoms with Crippen molar-refractivity contribution in [3.05, 3.63) is 0 Å². The first-order valence-electron chi connectivity index (χ1n) is 13.7. The maximum absolute atomic E-state index is 12.3. The molecule has 188 valence electrons. The number of unbranched alkanes of at least 4 members (excludes halogenated alkanes) is 8. The van der Waals surface area contributed by atoms with Gasteiger partial charge in [0.15, 0.2) is 0 Å². The summed E-state index contributed by atoms with van der Waals surface area (Å²) in [5.74, 6) is 1.40. The van der Waals surface area contributed by atoms with Crippen molar-refractivity contribution in [2.75, 3.05) is 13.2 Å². The molecular weight excluding hydrogens is 400 g/mol. The second-order valence-corrected chi connectivity index (χ2v) is 10.8. The van der Waals surface area contributed by atoms with Gasteiger partial charge in [0.05, 0.1) is 25.0 Å². The quantitative estimate of drug-likeness (QED) is 0.157. The first-order chi connectivity index (χ1) is 15.4. The Bertz CT molecular complexity index is 434. The van der Waals surface area contributed by atoms with Crippen LogP contribution in [0.3, 0.4) is 0 Å². The van der Waals surface area contributed by atoms with E-state index in [9.17, 15) is 9.59 Å². The third kappa shape index (κ3) is 14.9. The van der Waals surface area contributed by atoms with Gasteiger partial charge in [0.1, 0.15) is 0 Å². The lowest BCUT2D eigenvalue weighted by Crippen LogP contribution is -2.28. The molecule has 1 fully saturated rings. The van der Waals surface area contributed by atoms with Gasteiger partial charge in [-0.05, 0) is 50.4 Å². The normalized spacial score (nSPS) is 18.8. The van der Waals surface area contributed by atoms with E-state index in [1.165, 1.54) is 51.4 Å². The van der Waals surface area contributed by atoms with Gasteiger partial charge in [0, 0.05) is 0 Å². The van der Waals surface area contributed by atoms with Gasteiger partial charge >= 0.3 is 11.9 Å². The van der Waals surface area contributed by atoms with E-state index in [0.717, 1.165) is 63.2 Å². The lowest BCUT2D eigenvalue weighted by molar-refractivity contribution is -0.155. The largest absolute Gasteiger partial charge is 0.465 e. The van der Waals surface area contributed by atoms with Crippen LogP contribution in [0.25, 0.3) is 0 Å². The highest BCUT2D eigenvalue weighted by molar-refractivity contribution is 5.75. The van der Waals surface area contributed by atoms with E-state index in [2.05, 4.69) is 27.7 Å². The number of esters is 2. The summed E-state index contributed by atoms with van der Waals surface area (Å²) >= 11 is 0. The van der Waals surface area contributed by atoms with Crippen LogP contribution in [0.15, 0.2) is 0 Å². The van der Waals surface area contributed by atoms with E-state index in [-0.39, 0.29) is 23.8 Å². The maximum Gasteiger partial charge on any atom is 0.308 e. The van der Waals surface area contributed by atoms with Crippen LogP contribution in [0.5, 0.6) is 0 Å². The molecule has 0 aromatic carbocycles.